The zero-order valence-electron chi connectivity index (χ0n) is 24.4. The van der Waals surface area contributed by atoms with Gasteiger partial charge in [0.15, 0.2) is 0 Å². The molecule has 4 aromatic rings. The molecule has 0 aromatic heterocycles. The fourth-order valence-corrected chi connectivity index (χ4v) is 4.95. The number of aromatic hydroxyl groups is 3. The summed E-state index contributed by atoms with van der Waals surface area (Å²) in [6.45, 7) is 1.84. The molecule has 0 fully saturated rings. The monoisotopic (exact) mass is 636 g/mol. The van der Waals surface area contributed by atoms with Crippen LogP contribution in [0.25, 0.3) is 10.8 Å². The average molecular weight is 637 g/mol. The number of fused-ring (bicyclic) bond motifs is 1. The van der Waals surface area contributed by atoms with Gasteiger partial charge in [0.05, 0.1) is 29.1 Å². The number of benzene rings is 4. The van der Waals surface area contributed by atoms with Crippen LogP contribution in [-0.4, -0.2) is 40.9 Å². The number of rotatable bonds is 8. The topological polar surface area (TPSA) is 201 Å². The predicted molar refractivity (Wildman–Crippen MR) is 159 cm³/mol. The number of allylic oxidation sites excluding steroid dienone is 1. The first-order valence-corrected chi connectivity index (χ1v) is 14.4. The predicted octanol–water partition coefficient (Wildman–Crippen LogP) is 4.72. The molecule has 1 atom stereocenters. The maximum atomic E-state index is 12.0. The molecule has 0 saturated carbocycles. The Morgan fingerprint density at radius 2 is 1.36 bits per heavy atom. The van der Waals surface area contributed by atoms with Crippen molar-refractivity contribution in [2.75, 3.05) is 7.11 Å². The van der Waals surface area contributed by atoms with E-state index in [-0.39, 0.29) is 69.6 Å². The Labute approximate surface area is 280 Å². The molecule has 3 N–H and O–H groups in total. The van der Waals surface area contributed by atoms with Crippen LogP contribution in [0.3, 0.4) is 0 Å². The van der Waals surface area contributed by atoms with Crippen molar-refractivity contribution in [1.82, 2.24) is 0 Å². The van der Waals surface area contributed by atoms with E-state index in [0.717, 1.165) is 6.07 Å². The van der Waals surface area contributed by atoms with Gasteiger partial charge in [0.1, 0.15) is 50.0 Å². The molecule has 1 unspecified atom stereocenters. The van der Waals surface area contributed by atoms with Crippen molar-refractivity contribution in [1.29, 1.82) is 0 Å². The van der Waals surface area contributed by atoms with E-state index in [0.29, 0.717) is 22.8 Å². The molecular formula is C30H25N6NaO7S. The summed E-state index contributed by atoms with van der Waals surface area (Å²) in [5.41, 5.74) is 0.936. The molecule has 0 aliphatic heterocycles. The van der Waals surface area contributed by atoms with Crippen molar-refractivity contribution < 1.29 is 62.6 Å². The van der Waals surface area contributed by atoms with Gasteiger partial charge in [-0.25, -0.2) is 8.42 Å². The van der Waals surface area contributed by atoms with E-state index in [1.165, 1.54) is 37.4 Å². The summed E-state index contributed by atoms with van der Waals surface area (Å²) in [6, 6.07) is 17.9. The van der Waals surface area contributed by atoms with Crippen molar-refractivity contribution in [3.05, 3.63) is 96.4 Å². The SMILES string of the molecule is COC1=C(N=Nc2c(S(=O)(=O)[O-])cc(O)c3cc(O)ccc23)C=CC(C)(N=Nc2ccc(N=Nc3ccc(O)cc3)cc2)C1.[Na+]. The van der Waals surface area contributed by atoms with E-state index < -0.39 is 26.3 Å². The number of nitrogens with zero attached hydrogens (tertiary/aromatic N) is 6. The molecule has 5 rings (SSSR count). The number of hydrogen-bond donors (Lipinski definition) is 3. The molecule has 0 bridgehead atoms. The third-order valence-electron chi connectivity index (χ3n) is 6.59. The third kappa shape index (κ3) is 7.98. The summed E-state index contributed by atoms with van der Waals surface area (Å²) in [6.07, 6.45) is 3.58. The number of phenolic OH excluding ortho intramolecular Hbond substituents is 3. The largest absolute Gasteiger partial charge is 1.00 e. The molecule has 1 aliphatic carbocycles. The summed E-state index contributed by atoms with van der Waals surface area (Å²) < 4.78 is 41.4. The molecule has 1 aliphatic rings. The maximum absolute atomic E-state index is 12.0. The second-order valence-electron chi connectivity index (χ2n) is 9.94. The minimum absolute atomic E-state index is 0. The Bertz CT molecular complexity index is 1990. The number of methoxy groups -OCH3 is 1. The van der Waals surface area contributed by atoms with Crippen LogP contribution in [0.4, 0.5) is 22.7 Å². The maximum Gasteiger partial charge on any atom is 1.00 e. The Morgan fingerprint density at radius 3 is 1.96 bits per heavy atom. The van der Waals surface area contributed by atoms with Gasteiger partial charge in [-0.3, -0.25) is 0 Å². The van der Waals surface area contributed by atoms with E-state index in [9.17, 15) is 28.3 Å². The normalized spacial score (nSPS) is 17.0. The minimum atomic E-state index is -5.04. The molecule has 0 radical (unpaired) electrons. The van der Waals surface area contributed by atoms with Gasteiger partial charge < -0.3 is 24.6 Å². The number of azo groups is 3. The fourth-order valence-electron chi connectivity index (χ4n) is 4.30. The van der Waals surface area contributed by atoms with Crippen LogP contribution in [0.2, 0.25) is 0 Å². The van der Waals surface area contributed by atoms with E-state index in [1.54, 1.807) is 48.6 Å². The third-order valence-corrected chi connectivity index (χ3v) is 7.44. The Hall–Kier alpha value is -4.47. The van der Waals surface area contributed by atoms with Crippen LogP contribution in [-0.2, 0) is 14.9 Å². The first-order chi connectivity index (χ1) is 20.9. The van der Waals surface area contributed by atoms with E-state index >= 15 is 0 Å². The Kier molecular flexibility index (Phi) is 10.2. The van der Waals surface area contributed by atoms with Crippen LogP contribution < -0.4 is 29.6 Å². The number of hydrogen-bond acceptors (Lipinski definition) is 13. The van der Waals surface area contributed by atoms with Gasteiger partial charge in [-0.1, -0.05) is 6.08 Å². The van der Waals surface area contributed by atoms with Crippen molar-refractivity contribution >= 4 is 43.6 Å². The first-order valence-electron chi connectivity index (χ1n) is 13.0. The summed E-state index contributed by atoms with van der Waals surface area (Å²) in [7, 11) is -3.60. The molecule has 0 amide bonds. The van der Waals surface area contributed by atoms with Gasteiger partial charge in [0.25, 0.3) is 0 Å². The van der Waals surface area contributed by atoms with Crippen molar-refractivity contribution in [2.24, 2.45) is 30.7 Å². The molecular weight excluding hydrogens is 611 g/mol. The van der Waals surface area contributed by atoms with Crippen LogP contribution >= 0.6 is 0 Å². The van der Waals surface area contributed by atoms with Crippen molar-refractivity contribution in [3.8, 4) is 17.2 Å². The van der Waals surface area contributed by atoms with E-state index in [1.807, 2.05) is 6.92 Å². The Balaban J connectivity index is 0.00000461. The first kappa shape index (κ1) is 33.4. The summed E-state index contributed by atoms with van der Waals surface area (Å²) >= 11 is 0. The summed E-state index contributed by atoms with van der Waals surface area (Å²) in [5.74, 6) is -0.150. The second kappa shape index (κ2) is 13.7. The second-order valence-corrected chi connectivity index (χ2v) is 11.3. The van der Waals surface area contributed by atoms with Gasteiger partial charge >= 0.3 is 29.6 Å². The molecule has 15 heteroatoms. The average Bonchev–Trinajstić information content (AvgIpc) is 3.00. The van der Waals surface area contributed by atoms with Crippen LogP contribution in [0.5, 0.6) is 17.2 Å². The van der Waals surface area contributed by atoms with E-state index in [4.69, 9.17) is 4.74 Å². The Morgan fingerprint density at radius 1 is 0.778 bits per heavy atom. The summed E-state index contributed by atoms with van der Waals surface area (Å²) in [4.78, 5) is -0.761. The zero-order chi connectivity index (χ0) is 31.5. The quantitative estimate of drug-likeness (QED) is 0.141. The molecule has 0 spiro atoms. The standard InChI is InChI=1S/C30H26N6O7S.Na/c1-30(36-33-20-5-3-18(4-6-20)31-32-19-7-9-21(37)10-8-19)14-13-25(27(17-30)43-2)34-35-29-23-12-11-22(38)15-24(23)26(39)16-28(29)44(40,41)42;/h3-16,37-39H,17H2,1-2H3,(H,40,41,42);/q;+1/p-1. The molecule has 0 saturated heterocycles. The van der Waals surface area contributed by atoms with Gasteiger partial charge in [-0.2, -0.15) is 20.5 Å². The van der Waals surface area contributed by atoms with Gasteiger partial charge in [0, 0.05) is 23.3 Å². The fraction of sp³-hybridized carbons (Fsp3) is 0.133. The molecule has 4 aromatic carbocycles. The van der Waals surface area contributed by atoms with Gasteiger partial charge in [-0.05, 0) is 79.7 Å². The molecule has 224 valence electrons. The van der Waals surface area contributed by atoms with Gasteiger partial charge in [-0.15, -0.1) is 10.2 Å². The molecule has 0 heterocycles. The molecule has 45 heavy (non-hydrogen) atoms. The summed E-state index contributed by atoms with van der Waals surface area (Å²) in [5, 5.41) is 55.0. The number of ether oxygens (including phenoxy) is 1. The minimum Gasteiger partial charge on any atom is -0.744 e. The van der Waals surface area contributed by atoms with E-state index in [2.05, 4.69) is 30.7 Å². The zero-order valence-corrected chi connectivity index (χ0v) is 27.2. The van der Waals surface area contributed by atoms with Crippen LogP contribution in [0.1, 0.15) is 13.3 Å². The molecule has 13 nitrogen and oxygen atoms in total. The van der Waals surface area contributed by atoms with Crippen LogP contribution in [0, 0.1) is 0 Å². The van der Waals surface area contributed by atoms with Crippen molar-refractivity contribution in [3.63, 3.8) is 0 Å². The smallest absolute Gasteiger partial charge is 0.744 e. The van der Waals surface area contributed by atoms with Gasteiger partial charge in [0.2, 0.25) is 0 Å². The van der Waals surface area contributed by atoms with Crippen LogP contribution in [0.15, 0.2) is 132 Å². The number of phenols is 3. The van der Waals surface area contributed by atoms with Crippen molar-refractivity contribution in [2.45, 2.75) is 23.8 Å².